The zero-order valence-electron chi connectivity index (χ0n) is 12.3. The third kappa shape index (κ3) is 4.05. The summed E-state index contributed by atoms with van der Waals surface area (Å²) in [7, 11) is 1.53. The number of rotatable bonds is 5. The highest BCUT2D eigenvalue weighted by molar-refractivity contribution is 7.99. The Hall–Kier alpha value is -2.92. The number of terminal acetylenes is 1. The van der Waals surface area contributed by atoms with Gasteiger partial charge in [-0.25, -0.2) is 4.98 Å². The molecule has 0 radical (unpaired) electrons. The lowest BCUT2D eigenvalue weighted by atomic mass is 10.2. The number of carbonyl (C=O) groups is 1. The first kappa shape index (κ1) is 16.5. The maximum absolute atomic E-state index is 12.2. The Labute approximate surface area is 136 Å². The predicted octanol–water partition coefficient (Wildman–Crippen LogP) is 1.34. The van der Waals surface area contributed by atoms with Crippen LogP contribution < -0.4 is 21.3 Å². The fourth-order valence-electron chi connectivity index (χ4n) is 1.70. The zero-order valence-corrected chi connectivity index (χ0v) is 13.1. The Morgan fingerprint density at radius 1 is 1.48 bits per heavy atom. The Kier molecular flexibility index (Phi) is 5.28. The number of aromatic amines is 1. The van der Waals surface area contributed by atoms with Crippen molar-refractivity contribution in [2.24, 2.45) is 0 Å². The number of H-pyrrole nitrogens is 1. The number of hydrogen-bond donors (Lipinski definition) is 3. The number of nitrogens with two attached hydrogens (primary N) is 1. The molecule has 0 spiro atoms. The van der Waals surface area contributed by atoms with Crippen LogP contribution in [0.2, 0.25) is 0 Å². The van der Waals surface area contributed by atoms with Crippen molar-refractivity contribution in [3.05, 3.63) is 40.2 Å². The van der Waals surface area contributed by atoms with Gasteiger partial charge in [-0.15, -0.1) is 6.42 Å². The van der Waals surface area contributed by atoms with Crippen molar-refractivity contribution < 1.29 is 9.53 Å². The van der Waals surface area contributed by atoms with E-state index in [1.54, 1.807) is 24.3 Å². The van der Waals surface area contributed by atoms with E-state index in [1.807, 2.05) is 0 Å². The number of nitrogen functional groups attached to an aromatic ring is 1. The minimum Gasteiger partial charge on any atom is -0.497 e. The van der Waals surface area contributed by atoms with E-state index in [0.717, 1.165) is 0 Å². The van der Waals surface area contributed by atoms with Crippen LogP contribution in [0.5, 0.6) is 5.75 Å². The van der Waals surface area contributed by atoms with Crippen LogP contribution in [-0.2, 0) is 0 Å². The smallest absolute Gasteiger partial charge is 0.277 e. The molecule has 4 N–H and O–H groups in total. The number of thioether (sulfide) groups is 1. The summed E-state index contributed by atoms with van der Waals surface area (Å²) in [5.74, 6) is 2.83. The quantitative estimate of drug-likeness (QED) is 0.433. The molecule has 2 aromatic rings. The molecule has 0 aliphatic heterocycles. The van der Waals surface area contributed by atoms with E-state index in [1.165, 1.54) is 18.9 Å². The highest BCUT2D eigenvalue weighted by Crippen LogP contribution is 2.17. The second-order valence-corrected chi connectivity index (χ2v) is 5.27. The van der Waals surface area contributed by atoms with Gasteiger partial charge in [-0.05, 0) is 24.3 Å². The van der Waals surface area contributed by atoms with Gasteiger partial charge in [0.15, 0.2) is 11.0 Å². The van der Waals surface area contributed by atoms with Gasteiger partial charge in [-0.3, -0.25) is 14.6 Å². The van der Waals surface area contributed by atoms with E-state index in [0.29, 0.717) is 22.2 Å². The SMILES string of the molecule is C#CCSc1nc(N)c(NC(=O)c2ccc(OC)cc2)c(=O)[nH]1. The Morgan fingerprint density at radius 2 is 2.17 bits per heavy atom. The molecule has 0 fully saturated rings. The van der Waals surface area contributed by atoms with Gasteiger partial charge in [0, 0.05) is 5.56 Å². The molecule has 0 aliphatic rings. The molecule has 23 heavy (non-hydrogen) atoms. The molecule has 1 aromatic carbocycles. The molecule has 1 amide bonds. The largest absolute Gasteiger partial charge is 0.497 e. The third-order valence-electron chi connectivity index (χ3n) is 2.81. The molecule has 8 heteroatoms. The number of ether oxygens (including phenoxy) is 1. The van der Waals surface area contributed by atoms with Crippen LogP contribution in [0.25, 0.3) is 0 Å². The average Bonchev–Trinajstić information content (AvgIpc) is 2.56. The summed E-state index contributed by atoms with van der Waals surface area (Å²) in [6.45, 7) is 0. The zero-order chi connectivity index (χ0) is 16.8. The fourth-order valence-corrected chi connectivity index (χ4v) is 2.24. The Balaban J connectivity index is 2.20. The second kappa shape index (κ2) is 7.38. The minimum absolute atomic E-state index is 0.0740. The number of aromatic nitrogens is 2. The van der Waals surface area contributed by atoms with Gasteiger partial charge in [0.25, 0.3) is 11.5 Å². The number of amides is 1. The van der Waals surface area contributed by atoms with Gasteiger partial charge in [-0.1, -0.05) is 17.7 Å². The maximum atomic E-state index is 12.2. The monoisotopic (exact) mass is 330 g/mol. The number of anilines is 2. The summed E-state index contributed by atoms with van der Waals surface area (Å²) >= 11 is 1.17. The number of benzene rings is 1. The minimum atomic E-state index is -0.543. The van der Waals surface area contributed by atoms with Crippen LogP contribution in [0.1, 0.15) is 10.4 Å². The molecule has 0 saturated heterocycles. The lowest BCUT2D eigenvalue weighted by molar-refractivity contribution is 0.102. The van der Waals surface area contributed by atoms with Crippen LogP contribution in [0.4, 0.5) is 11.5 Å². The van der Waals surface area contributed by atoms with Gasteiger partial charge in [-0.2, -0.15) is 0 Å². The standard InChI is InChI=1S/C15H14N4O3S/c1-3-8-23-15-18-12(16)11(14(21)19-15)17-13(20)9-4-6-10(22-2)7-5-9/h1,4-7H,8H2,2H3,(H,17,20)(H3,16,18,19,21). The number of nitrogens with zero attached hydrogens (tertiary/aromatic N) is 1. The van der Waals surface area contributed by atoms with Crippen LogP contribution >= 0.6 is 11.8 Å². The average molecular weight is 330 g/mol. The van der Waals surface area contributed by atoms with Crippen molar-refractivity contribution in [1.82, 2.24) is 9.97 Å². The summed E-state index contributed by atoms with van der Waals surface area (Å²) in [5.41, 5.74) is 5.45. The number of hydrogen-bond acceptors (Lipinski definition) is 6. The molecule has 0 unspecified atom stereocenters. The second-order valence-electron chi connectivity index (χ2n) is 4.31. The summed E-state index contributed by atoms with van der Waals surface area (Å²) in [4.78, 5) is 30.7. The van der Waals surface area contributed by atoms with E-state index in [-0.39, 0.29) is 11.5 Å². The molecule has 118 valence electrons. The molecule has 0 aliphatic carbocycles. The predicted molar refractivity (Wildman–Crippen MR) is 89.8 cm³/mol. The first-order chi connectivity index (χ1) is 11.0. The van der Waals surface area contributed by atoms with Crippen molar-refractivity contribution in [2.75, 3.05) is 23.9 Å². The lowest BCUT2D eigenvalue weighted by Gasteiger charge is -2.08. The summed E-state index contributed by atoms with van der Waals surface area (Å²) in [6, 6.07) is 6.42. The van der Waals surface area contributed by atoms with Crippen LogP contribution in [-0.4, -0.2) is 28.7 Å². The molecular formula is C15H14N4O3S. The van der Waals surface area contributed by atoms with Crippen molar-refractivity contribution >= 4 is 29.2 Å². The number of carbonyl (C=O) groups excluding carboxylic acids is 1. The van der Waals surface area contributed by atoms with E-state index in [9.17, 15) is 9.59 Å². The maximum Gasteiger partial charge on any atom is 0.277 e. The van der Waals surface area contributed by atoms with E-state index >= 15 is 0 Å². The number of methoxy groups -OCH3 is 1. The molecule has 0 atom stereocenters. The Bertz CT molecular complexity index is 809. The normalized spacial score (nSPS) is 9.91. The fraction of sp³-hybridized carbons (Fsp3) is 0.133. The molecule has 0 bridgehead atoms. The van der Waals surface area contributed by atoms with Crippen molar-refractivity contribution in [2.45, 2.75) is 5.16 Å². The van der Waals surface area contributed by atoms with Gasteiger partial charge < -0.3 is 15.8 Å². The van der Waals surface area contributed by atoms with Crippen molar-refractivity contribution in [3.63, 3.8) is 0 Å². The lowest BCUT2D eigenvalue weighted by Crippen LogP contribution is -2.23. The first-order valence-electron chi connectivity index (χ1n) is 6.46. The van der Waals surface area contributed by atoms with Crippen LogP contribution in [0.3, 0.4) is 0 Å². The summed E-state index contributed by atoms with van der Waals surface area (Å²) < 4.78 is 5.02. The van der Waals surface area contributed by atoms with Crippen molar-refractivity contribution in [1.29, 1.82) is 0 Å². The molecular weight excluding hydrogens is 316 g/mol. The Morgan fingerprint density at radius 3 is 2.74 bits per heavy atom. The van der Waals surface area contributed by atoms with E-state index in [2.05, 4.69) is 21.2 Å². The van der Waals surface area contributed by atoms with Gasteiger partial charge >= 0.3 is 0 Å². The van der Waals surface area contributed by atoms with Crippen molar-refractivity contribution in [3.8, 4) is 18.1 Å². The van der Waals surface area contributed by atoms with E-state index < -0.39 is 11.5 Å². The number of nitrogens with one attached hydrogen (secondary N) is 2. The van der Waals surface area contributed by atoms with E-state index in [4.69, 9.17) is 16.9 Å². The summed E-state index contributed by atoms with van der Waals surface area (Å²) in [6.07, 6.45) is 5.15. The van der Waals surface area contributed by atoms with Crippen LogP contribution in [0, 0.1) is 12.3 Å². The highest BCUT2D eigenvalue weighted by Gasteiger charge is 2.14. The molecule has 2 rings (SSSR count). The molecule has 1 aromatic heterocycles. The molecule has 0 saturated carbocycles. The van der Waals surface area contributed by atoms with Gasteiger partial charge in [0.2, 0.25) is 0 Å². The topological polar surface area (TPSA) is 110 Å². The molecule has 1 heterocycles. The molecule has 7 nitrogen and oxygen atoms in total. The van der Waals surface area contributed by atoms with Gasteiger partial charge in [0.1, 0.15) is 11.4 Å². The highest BCUT2D eigenvalue weighted by atomic mass is 32.2. The van der Waals surface area contributed by atoms with Gasteiger partial charge in [0.05, 0.1) is 12.9 Å². The first-order valence-corrected chi connectivity index (χ1v) is 7.45. The van der Waals surface area contributed by atoms with Crippen LogP contribution in [0.15, 0.2) is 34.2 Å². The third-order valence-corrected chi connectivity index (χ3v) is 3.59. The summed E-state index contributed by atoms with van der Waals surface area (Å²) in [5, 5.41) is 2.75.